The zero-order valence-corrected chi connectivity index (χ0v) is 9.79. The first-order valence-electron chi connectivity index (χ1n) is 4.99. The minimum Gasteiger partial charge on any atom is -0.493 e. The molecule has 0 N–H and O–H groups in total. The molecule has 0 aromatic heterocycles. The molecule has 0 amide bonds. The molecule has 0 saturated heterocycles. The third-order valence-electron chi connectivity index (χ3n) is 2.74. The summed E-state index contributed by atoms with van der Waals surface area (Å²) in [6.07, 6.45) is 0. The lowest BCUT2D eigenvalue weighted by molar-refractivity contribution is 0.00950. The number of fused-ring (bicyclic) bond motifs is 1. The molecule has 1 aromatic carbocycles. The van der Waals surface area contributed by atoms with Crippen LogP contribution in [0.15, 0.2) is 12.1 Å². The van der Waals surface area contributed by atoms with Gasteiger partial charge in [-0.3, -0.25) is 0 Å². The van der Waals surface area contributed by atoms with Crippen LogP contribution in [0.5, 0.6) is 11.5 Å². The summed E-state index contributed by atoms with van der Waals surface area (Å²) in [6.45, 7) is 3.70. The summed E-state index contributed by atoms with van der Waals surface area (Å²) < 4.78 is 15.6. The molecule has 4 heteroatoms. The Bertz CT molecular complexity index is 449. The van der Waals surface area contributed by atoms with Crippen molar-refractivity contribution in [3.05, 3.63) is 23.3 Å². The molecule has 0 unspecified atom stereocenters. The van der Waals surface area contributed by atoms with E-state index in [1.165, 1.54) is 7.11 Å². The molecule has 4 nitrogen and oxygen atoms in total. The number of ether oxygens (including phenoxy) is 3. The van der Waals surface area contributed by atoms with Crippen LogP contribution in [0.2, 0.25) is 0 Å². The van der Waals surface area contributed by atoms with E-state index in [4.69, 9.17) is 14.2 Å². The topological polar surface area (TPSA) is 44.8 Å². The normalized spacial score (nSPS) is 16.6. The maximum absolute atomic E-state index is 11.6. The lowest BCUT2D eigenvalue weighted by atomic mass is 9.95. The Balaban J connectivity index is 2.64. The number of cyclic esters (lactones) is 1. The van der Waals surface area contributed by atoms with Crippen LogP contribution in [0.1, 0.15) is 29.8 Å². The zero-order valence-electron chi connectivity index (χ0n) is 9.79. The highest BCUT2D eigenvalue weighted by molar-refractivity contribution is 5.95. The van der Waals surface area contributed by atoms with Gasteiger partial charge in [-0.05, 0) is 26.0 Å². The predicted molar refractivity (Wildman–Crippen MR) is 58.0 cm³/mol. The number of esters is 1. The highest BCUT2D eigenvalue weighted by Crippen LogP contribution is 2.41. The molecular formula is C12H14O4. The van der Waals surface area contributed by atoms with Gasteiger partial charge in [0.1, 0.15) is 5.60 Å². The molecule has 0 spiro atoms. The van der Waals surface area contributed by atoms with E-state index in [0.717, 1.165) is 5.56 Å². The molecule has 0 radical (unpaired) electrons. The van der Waals surface area contributed by atoms with E-state index in [2.05, 4.69) is 0 Å². The van der Waals surface area contributed by atoms with Crippen LogP contribution in [0.3, 0.4) is 0 Å². The van der Waals surface area contributed by atoms with Crippen LogP contribution in [0.25, 0.3) is 0 Å². The Morgan fingerprint density at radius 2 is 1.69 bits per heavy atom. The van der Waals surface area contributed by atoms with Gasteiger partial charge in [0.05, 0.1) is 19.8 Å². The van der Waals surface area contributed by atoms with Crippen LogP contribution in [-0.2, 0) is 10.3 Å². The third-order valence-corrected chi connectivity index (χ3v) is 2.74. The first-order chi connectivity index (χ1) is 7.49. The summed E-state index contributed by atoms with van der Waals surface area (Å²) in [5.74, 6) is 0.824. The fraction of sp³-hybridized carbons (Fsp3) is 0.417. The van der Waals surface area contributed by atoms with Crippen molar-refractivity contribution in [3.8, 4) is 11.5 Å². The summed E-state index contributed by atoms with van der Waals surface area (Å²) in [5.41, 5.74) is 0.768. The standard InChI is InChI=1S/C12H14O4/c1-12(2)8-6-10(15-4)9(14-3)5-7(8)11(13)16-12/h5-6H,1-4H3. The smallest absolute Gasteiger partial charge is 0.339 e. The number of hydrogen-bond donors (Lipinski definition) is 0. The Kier molecular flexibility index (Phi) is 2.30. The maximum atomic E-state index is 11.6. The van der Waals surface area contributed by atoms with Gasteiger partial charge in [-0.15, -0.1) is 0 Å². The molecule has 0 atom stereocenters. The van der Waals surface area contributed by atoms with Crippen molar-refractivity contribution in [2.75, 3.05) is 14.2 Å². The fourth-order valence-corrected chi connectivity index (χ4v) is 1.89. The van der Waals surface area contributed by atoms with Gasteiger partial charge in [-0.2, -0.15) is 0 Å². The van der Waals surface area contributed by atoms with Crippen molar-refractivity contribution in [3.63, 3.8) is 0 Å². The molecule has 0 saturated carbocycles. The van der Waals surface area contributed by atoms with E-state index in [-0.39, 0.29) is 5.97 Å². The van der Waals surface area contributed by atoms with Gasteiger partial charge in [0.2, 0.25) is 0 Å². The zero-order chi connectivity index (χ0) is 11.9. The summed E-state index contributed by atoms with van der Waals surface area (Å²) in [5, 5.41) is 0. The highest BCUT2D eigenvalue weighted by Gasteiger charge is 2.38. The molecular weight excluding hydrogens is 208 g/mol. The predicted octanol–water partition coefficient (Wildman–Crippen LogP) is 2.11. The average molecular weight is 222 g/mol. The lowest BCUT2D eigenvalue weighted by Gasteiger charge is -2.18. The second-order valence-electron chi connectivity index (χ2n) is 4.15. The molecule has 2 rings (SSSR count). The van der Waals surface area contributed by atoms with Crippen LogP contribution in [-0.4, -0.2) is 20.2 Å². The summed E-state index contributed by atoms with van der Waals surface area (Å²) in [4.78, 5) is 11.6. The monoisotopic (exact) mass is 222 g/mol. The molecule has 16 heavy (non-hydrogen) atoms. The van der Waals surface area contributed by atoms with Gasteiger partial charge in [0.25, 0.3) is 0 Å². The van der Waals surface area contributed by atoms with Crippen molar-refractivity contribution >= 4 is 5.97 Å². The Morgan fingerprint density at radius 1 is 1.12 bits per heavy atom. The second-order valence-corrected chi connectivity index (χ2v) is 4.15. The summed E-state index contributed by atoms with van der Waals surface area (Å²) in [7, 11) is 3.10. The van der Waals surface area contributed by atoms with Gasteiger partial charge >= 0.3 is 5.97 Å². The third kappa shape index (κ3) is 1.41. The van der Waals surface area contributed by atoms with Crippen LogP contribution in [0, 0.1) is 0 Å². The number of carbonyl (C=O) groups is 1. The van der Waals surface area contributed by atoms with Gasteiger partial charge < -0.3 is 14.2 Å². The van der Waals surface area contributed by atoms with Gasteiger partial charge in [0.15, 0.2) is 11.5 Å². The van der Waals surface area contributed by atoms with E-state index >= 15 is 0 Å². The van der Waals surface area contributed by atoms with Crippen molar-refractivity contribution in [1.82, 2.24) is 0 Å². The largest absolute Gasteiger partial charge is 0.493 e. The summed E-state index contributed by atoms with van der Waals surface area (Å²) in [6, 6.07) is 3.45. The molecule has 1 heterocycles. The maximum Gasteiger partial charge on any atom is 0.339 e. The molecule has 0 fully saturated rings. The quantitative estimate of drug-likeness (QED) is 0.719. The molecule has 1 aliphatic heterocycles. The van der Waals surface area contributed by atoms with E-state index in [0.29, 0.717) is 17.1 Å². The van der Waals surface area contributed by atoms with Crippen LogP contribution >= 0.6 is 0 Å². The Labute approximate surface area is 94.1 Å². The molecule has 86 valence electrons. The molecule has 1 aliphatic rings. The highest BCUT2D eigenvalue weighted by atomic mass is 16.6. The molecule has 1 aromatic rings. The van der Waals surface area contributed by atoms with Crippen LogP contribution < -0.4 is 9.47 Å². The van der Waals surface area contributed by atoms with Gasteiger partial charge in [-0.25, -0.2) is 4.79 Å². The lowest BCUT2D eigenvalue weighted by Crippen LogP contribution is -2.16. The average Bonchev–Trinajstić information content (AvgIpc) is 2.47. The summed E-state index contributed by atoms with van der Waals surface area (Å²) >= 11 is 0. The van der Waals surface area contributed by atoms with Gasteiger partial charge in [-0.1, -0.05) is 0 Å². The van der Waals surface area contributed by atoms with Crippen molar-refractivity contribution in [2.45, 2.75) is 19.4 Å². The first-order valence-corrected chi connectivity index (χ1v) is 4.99. The van der Waals surface area contributed by atoms with E-state index in [1.807, 2.05) is 13.8 Å². The minimum absolute atomic E-state index is 0.319. The second kappa shape index (κ2) is 3.40. The van der Waals surface area contributed by atoms with Crippen molar-refractivity contribution < 1.29 is 19.0 Å². The van der Waals surface area contributed by atoms with Crippen molar-refractivity contribution in [2.24, 2.45) is 0 Å². The number of rotatable bonds is 2. The van der Waals surface area contributed by atoms with E-state index < -0.39 is 5.60 Å². The van der Waals surface area contributed by atoms with E-state index in [1.54, 1.807) is 19.2 Å². The first kappa shape index (κ1) is 10.8. The minimum atomic E-state index is -0.605. The number of carbonyl (C=O) groups excluding carboxylic acids is 1. The Hall–Kier alpha value is -1.71. The number of methoxy groups -OCH3 is 2. The fourth-order valence-electron chi connectivity index (χ4n) is 1.89. The molecule has 0 aliphatic carbocycles. The van der Waals surface area contributed by atoms with Crippen molar-refractivity contribution in [1.29, 1.82) is 0 Å². The number of hydrogen-bond acceptors (Lipinski definition) is 4. The van der Waals surface area contributed by atoms with E-state index in [9.17, 15) is 4.79 Å². The molecule has 0 bridgehead atoms. The van der Waals surface area contributed by atoms with Crippen LogP contribution in [0.4, 0.5) is 0 Å². The van der Waals surface area contributed by atoms with Gasteiger partial charge in [0, 0.05) is 5.56 Å². The Morgan fingerprint density at radius 3 is 2.25 bits per heavy atom. The SMILES string of the molecule is COc1cc2c(cc1OC)C(C)(C)OC2=O. The number of benzene rings is 1.